The minimum atomic E-state index is 0.0220. The van der Waals surface area contributed by atoms with Gasteiger partial charge in [0, 0.05) is 6.42 Å². The van der Waals surface area contributed by atoms with Gasteiger partial charge < -0.3 is 9.84 Å². The molecule has 0 saturated heterocycles. The summed E-state index contributed by atoms with van der Waals surface area (Å²) in [5.41, 5.74) is 3.32. The Morgan fingerprint density at radius 2 is 1.79 bits per heavy atom. The highest BCUT2D eigenvalue weighted by Gasteiger charge is 2.10. The van der Waals surface area contributed by atoms with Crippen molar-refractivity contribution in [2.75, 3.05) is 0 Å². The molecule has 100 valence electrons. The van der Waals surface area contributed by atoms with Gasteiger partial charge in [-0.3, -0.25) is 0 Å². The molecule has 19 heavy (non-hydrogen) atoms. The lowest BCUT2D eigenvalue weighted by Crippen LogP contribution is -2.15. The van der Waals surface area contributed by atoms with Crippen LogP contribution in [0.15, 0.2) is 42.5 Å². The first-order chi connectivity index (χ1) is 9.08. The second kappa shape index (κ2) is 5.79. The minimum absolute atomic E-state index is 0.0220. The Morgan fingerprint density at radius 1 is 1.05 bits per heavy atom. The molecule has 1 atom stereocenters. The van der Waals surface area contributed by atoms with Gasteiger partial charge in [0.25, 0.3) is 0 Å². The fourth-order valence-electron chi connectivity index (χ4n) is 2.10. The average molecular weight is 256 g/mol. The fraction of sp³-hybridized carbons (Fsp3) is 0.294. The van der Waals surface area contributed by atoms with Gasteiger partial charge in [0.15, 0.2) is 0 Å². The molecule has 2 nitrogen and oxygen atoms in total. The van der Waals surface area contributed by atoms with Crippen LogP contribution in [-0.2, 0) is 6.42 Å². The van der Waals surface area contributed by atoms with Crippen LogP contribution >= 0.6 is 0 Å². The van der Waals surface area contributed by atoms with E-state index in [-0.39, 0.29) is 6.10 Å². The van der Waals surface area contributed by atoms with Gasteiger partial charge in [-0.25, -0.2) is 0 Å². The van der Waals surface area contributed by atoms with Crippen LogP contribution < -0.4 is 4.74 Å². The first-order valence-corrected chi connectivity index (χ1v) is 6.57. The Morgan fingerprint density at radius 3 is 2.53 bits per heavy atom. The van der Waals surface area contributed by atoms with Gasteiger partial charge in [-0.1, -0.05) is 30.3 Å². The Hall–Kier alpha value is -1.96. The van der Waals surface area contributed by atoms with Crippen molar-refractivity contribution in [1.29, 1.82) is 0 Å². The number of ether oxygens (including phenoxy) is 1. The molecule has 2 rings (SSSR count). The quantitative estimate of drug-likeness (QED) is 0.895. The number of benzene rings is 2. The first-order valence-electron chi connectivity index (χ1n) is 6.57. The Balaban J connectivity index is 2.08. The molecule has 0 fully saturated rings. The van der Waals surface area contributed by atoms with Gasteiger partial charge in [-0.15, -0.1) is 0 Å². The maximum absolute atomic E-state index is 9.77. The van der Waals surface area contributed by atoms with Crippen molar-refractivity contribution in [3.63, 3.8) is 0 Å². The van der Waals surface area contributed by atoms with E-state index in [0.29, 0.717) is 12.2 Å². The van der Waals surface area contributed by atoms with Crippen molar-refractivity contribution in [2.45, 2.75) is 33.3 Å². The van der Waals surface area contributed by atoms with E-state index in [1.807, 2.05) is 37.3 Å². The molecule has 2 aromatic carbocycles. The standard InChI is InChI=1S/C17H20O2/c1-12-7-6-10-17(14(12)3)19-13(2)11-15-8-4-5-9-16(15)18/h4-10,13,18H,11H2,1-3H3. The molecule has 0 radical (unpaired) electrons. The van der Waals surface area contributed by atoms with Gasteiger partial charge in [0.2, 0.25) is 0 Å². The molecule has 1 unspecified atom stereocenters. The number of hydrogen-bond acceptors (Lipinski definition) is 2. The van der Waals surface area contributed by atoms with E-state index in [1.165, 1.54) is 11.1 Å². The molecule has 0 aliphatic rings. The SMILES string of the molecule is Cc1cccc(OC(C)Cc2ccccc2O)c1C. The molecule has 0 heterocycles. The van der Waals surface area contributed by atoms with E-state index < -0.39 is 0 Å². The van der Waals surface area contributed by atoms with E-state index >= 15 is 0 Å². The first kappa shape index (κ1) is 13.5. The van der Waals surface area contributed by atoms with Crippen LogP contribution in [0.2, 0.25) is 0 Å². The lowest BCUT2D eigenvalue weighted by molar-refractivity contribution is 0.219. The molecule has 2 heteroatoms. The molecule has 0 bridgehead atoms. The summed E-state index contributed by atoms with van der Waals surface area (Å²) in [5, 5.41) is 9.77. The normalized spacial score (nSPS) is 12.2. The van der Waals surface area contributed by atoms with Crippen LogP contribution in [0.1, 0.15) is 23.6 Å². The van der Waals surface area contributed by atoms with Crippen molar-refractivity contribution in [1.82, 2.24) is 0 Å². The van der Waals surface area contributed by atoms with Crippen LogP contribution in [0, 0.1) is 13.8 Å². The minimum Gasteiger partial charge on any atom is -0.508 e. The summed E-state index contributed by atoms with van der Waals surface area (Å²) in [6.45, 7) is 6.17. The summed E-state index contributed by atoms with van der Waals surface area (Å²) < 4.78 is 5.97. The molecule has 1 N–H and O–H groups in total. The Kier molecular flexibility index (Phi) is 4.10. The monoisotopic (exact) mass is 256 g/mol. The summed E-state index contributed by atoms with van der Waals surface area (Å²) in [5.74, 6) is 1.25. The van der Waals surface area contributed by atoms with Crippen molar-refractivity contribution < 1.29 is 9.84 Å². The van der Waals surface area contributed by atoms with Crippen LogP contribution in [0.4, 0.5) is 0 Å². The molecule has 0 aliphatic heterocycles. The van der Waals surface area contributed by atoms with E-state index in [9.17, 15) is 5.11 Å². The average Bonchev–Trinajstić information content (AvgIpc) is 2.38. The van der Waals surface area contributed by atoms with Gasteiger partial charge in [-0.2, -0.15) is 0 Å². The predicted octanol–water partition coefficient (Wildman–Crippen LogP) is 4.02. The van der Waals surface area contributed by atoms with Gasteiger partial charge in [0.1, 0.15) is 17.6 Å². The van der Waals surface area contributed by atoms with E-state index in [1.54, 1.807) is 6.07 Å². The van der Waals surface area contributed by atoms with Gasteiger partial charge in [0.05, 0.1) is 0 Å². The molecule has 0 aliphatic carbocycles. The number of phenolic OH excluding ortho intramolecular Hbond substituents is 1. The van der Waals surface area contributed by atoms with Gasteiger partial charge in [-0.05, 0) is 49.6 Å². The van der Waals surface area contributed by atoms with Crippen LogP contribution in [0.5, 0.6) is 11.5 Å². The number of phenols is 1. The number of rotatable bonds is 4. The van der Waals surface area contributed by atoms with Crippen LogP contribution in [0.25, 0.3) is 0 Å². The highest BCUT2D eigenvalue weighted by atomic mass is 16.5. The zero-order valence-electron chi connectivity index (χ0n) is 11.7. The van der Waals surface area contributed by atoms with E-state index in [0.717, 1.165) is 11.3 Å². The zero-order valence-corrected chi connectivity index (χ0v) is 11.7. The lowest BCUT2D eigenvalue weighted by atomic mass is 10.1. The molecule has 0 saturated carbocycles. The van der Waals surface area contributed by atoms with E-state index in [4.69, 9.17) is 4.74 Å². The van der Waals surface area contributed by atoms with Crippen molar-refractivity contribution in [3.8, 4) is 11.5 Å². The Bertz CT molecular complexity index is 561. The number of aryl methyl sites for hydroxylation is 1. The number of para-hydroxylation sites is 1. The largest absolute Gasteiger partial charge is 0.508 e. The maximum Gasteiger partial charge on any atom is 0.122 e. The predicted molar refractivity (Wildman–Crippen MR) is 77.8 cm³/mol. The van der Waals surface area contributed by atoms with Crippen LogP contribution in [-0.4, -0.2) is 11.2 Å². The molecular weight excluding hydrogens is 236 g/mol. The third-order valence-corrected chi connectivity index (χ3v) is 3.38. The highest BCUT2D eigenvalue weighted by molar-refractivity contribution is 5.38. The Labute approximate surface area is 114 Å². The second-order valence-corrected chi connectivity index (χ2v) is 4.96. The topological polar surface area (TPSA) is 29.5 Å². The number of hydrogen-bond donors (Lipinski definition) is 1. The summed E-state index contributed by atoms with van der Waals surface area (Å²) in [6, 6.07) is 13.5. The smallest absolute Gasteiger partial charge is 0.122 e. The summed E-state index contributed by atoms with van der Waals surface area (Å²) in [4.78, 5) is 0. The van der Waals surface area contributed by atoms with Crippen molar-refractivity contribution in [3.05, 3.63) is 59.2 Å². The second-order valence-electron chi connectivity index (χ2n) is 4.96. The third-order valence-electron chi connectivity index (χ3n) is 3.38. The van der Waals surface area contributed by atoms with E-state index in [2.05, 4.69) is 19.9 Å². The molecule has 0 aromatic heterocycles. The zero-order chi connectivity index (χ0) is 13.8. The highest BCUT2D eigenvalue weighted by Crippen LogP contribution is 2.24. The molecular formula is C17H20O2. The van der Waals surface area contributed by atoms with Crippen molar-refractivity contribution in [2.24, 2.45) is 0 Å². The summed E-state index contributed by atoms with van der Waals surface area (Å²) in [6.07, 6.45) is 0.717. The summed E-state index contributed by atoms with van der Waals surface area (Å²) >= 11 is 0. The number of aromatic hydroxyl groups is 1. The maximum atomic E-state index is 9.77. The molecule has 0 amide bonds. The van der Waals surface area contributed by atoms with Gasteiger partial charge >= 0.3 is 0 Å². The molecule has 2 aromatic rings. The third kappa shape index (κ3) is 3.28. The van der Waals surface area contributed by atoms with Crippen molar-refractivity contribution >= 4 is 0 Å². The lowest BCUT2D eigenvalue weighted by Gasteiger charge is -2.18. The fourth-order valence-corrected chi connectivity index (χ4v) is 2.10. The molecule has 0 spiro atoms. The van der Waals surface area contributed by atoms with Crippen LogP contribution in [0.3, 0.4) is 0 Å². The summed E-state index contributed by atoms with van der Waals surface area (Å²) in [7, 11) is 0.